The highest BCUT2D eigenvalue weighted by atomic mass is 32.2. The van der Waals surface area contributed by atoms with Crippen molar-refractivity contribution in [1.29, 1.82) is 5.26 Å². The molecule has 8 nitrogen and oxygen atoms in total. The molecule has 2 aromatic heterocycles. The van der Waals surface area contributed by atoms with Gasteiger partial charge in [-0.15, -0.1) is 0 Å². The van der Waals surface area contributed by atoms with Crippen LogP contribution in [0.3, 0.4) is 0 Å². The normalized spacial score (nSPS) is 16.7. The summed E-state index contributed by atoms with van der Waals surface area (Å²) >= 11 is 1.46. The zero-order chi connectivity index (χ0) is 16.9. The van der Waals surface area contributed by atoms with Crippen molar-refractivity contribution in [3.8, 4) is 11.9 Å². The van der Waals surface area contributed by atoms with Crippen molar-refractivity contribution in [3.05, 3.63) is 24.2 Å². The third-order valence-corrected chi connectivity index (χ3v) is 4.30. The lowest BCUT2D eigenvalue weighted by Crippen LogP contribution is -2.27. The van der Waals surface area contributed by atoms with Gasteiger partial charge in [0.05, 0.1) is 13.3 Å². The second-order valence-electron chi connectivity index (χ2n) is 5.23. The SMILES string of the molecule is COc1cc(NC2CCN(c3nc(SC)ncc3C#N)C2)ncn1. The van der Waals surface area contributed by atoms with Crippen LogP contribution in [0.4, 0.5) is 11.6 Å². The highest BCUT2D eigenvalue weighted by Crippen LogP contribution is 2.25. The van der Waals surface area contributed by atoms with Crippen LogP contribution in [0, 0.1) is 11.3 Å². The van der Waals surface area contributed by atoms with E-state index in [1.807, 2.05) is 6.26 Å². The number of nitriles is 1. The van der Waals surface area contributed by atoms with Crippen LogP contribution in [0.25, 0.3) is 0 Å². The van der Waals surface area contributed by atoms with Gasteiger partial charge in [0.25, 0.3) is 0 Å². The highest BCUT2D eigenvalue weighted by Gasteiger charge is 2.26. The zero-order valence-electron chi connectivity index (χ0n) is 13.4. The number of anilines is 2. The molecule has 24 heavy (non-hydrogen) atoms. The van der Waals surface area contributed by atoms with Crippen LogP contribution in [-0.4, -0.2) is 52.4 Å². The second kappa shape index (κ2) is 7.31. The smallest absolute Gasteiger partial charge is 0.218 e. The molecule has 0 amide bonds. The molecule has 0 radical (unpaired) electrons. The Labute approximate surface area is 144 Å². The van der Waals surface area contributed by atoms with E-state index in [-0.39, 0.29) is 6.04 Å². The minimum Gasteiger partial charge on any atom is -0.481 e. The number of ether oxygens (including phenoxy) is 1. The highest BCUT2D eigenvalue weighted by molar-refractivity contribution is 7.98. The van der Waals surface area contributed by atoms with E-state index in [4.69, 9.17) is 4.74 Å². The molecule has 1 aliphatic rings. The summed E-state index contributed by atoms with van der Waals surface area (Å²) in [6, 6.07) is 4.15. The van der Waals surface area contributed by atoms with E-state index >= 15 is 0 Å². The average molecular weight is 343 g/mol. The maximum Gasteiger partial charge on any atom is 0.218 e. The molecule has 0 aliphatic carbocycles. The summed E-state index contributed by atoms with van der Waals surface area (Å²) in [5, 5.41) is 13.3. The number of aromatic nitrogens is 4. The topological polar surface area (TPSA) is 99.8 Å². The third kappa shape index (κ3) is 3.49. The largest absolute Gasteiger partial charge is 0.481 e. The number of methoxy groups -OCH3 is 1. The molecule has 0 aromatic carbocycles. The number of hydrogen-bond donors (Lipinski definition) is 1. The van der Waals surface area contributed by atoms with Crippen LogP contribution >= 0.6 is 11.8 Å². The molecule has 1 saturated heterocycles. The van der Waals surface area contributed by atoms with Gasteiger partial charge in [-0.25, -0.2) is 19.9 Å². The van der Waals surface area contributed by atoms with Crippen LogP contribution in [-0.2, 0) is 0 Å². The van der Waals surface area contributed by atoms with E-state index in [1.54, 1.807) is 19.4 Å². The molecule has 1 unspecified atom stereocenters. The lowest BCUT2D eigenvalue weighted by atomic mass is 10.2. The Morgan fingerprint density at radius 3 is 3.04 bits per heavy atom. The van der Waals surface area contributed by atoms with E-state index in [2.05, 4.69) is 36.2 Å². The first-order chi connectivity index (χ1) is 11.7. The van der Waals surface area contributed by atoms with Gasteiger partial charge in [-0.05, 0) is 12.7 Å². The van der Waals surface area contributed by atoms with Gasteiger partial charge in [-0.2, -0.15) is 5.26 Å². The molecule has 1 fully saturated rings. The first-order valence-electron chi connectivity index (χ1n) is 7.42. The van der Waals surface area contributed by atoms with E-state index in [0.717, 1.165) is 25.3 Å². The molecule has 124 valence electrons. The minimum absolute atomic E-state index is 0.212. The Kier molecular flexibility index (Phi) is 4.96. The molecule has 1 atom stereocenters. The molecular formula is C15H17N7OS. The van der Waals surface area contributed by atoms with Gasteiger partial charge in [0.15, 0.2) is 11.0 Å². The number of thioether (sulfide) groups is 1. The van der Waals surface area contributed by atoms with Crippen molar-refractivity contribution >= 4 is 23.4 Å². The molecule has 9 heteroatoms. The Hall–Kier alpha value is -2.60. The fourth-order valence-corrected chi connectivity index (χ4v) is 2.92. The Balaban J connectivity index is 1.72. The van der Waals surface area contributed by atoms with Crippen molar-refractivity contribution in [2.75, 3.05) is 36.7 Å². The van der Waals surface area contributed by atoms with Gasteiger partial charge in [-0.1, -0.05) is 11.8 Å². The van der Waals surface area contributed by atoms with E-state index < -0.39 is 0 Å². The standard InChI is InChI=1S/C15H17N7OS/c1-23-13-5-12(18-9-19-13)20-11-3-4-22(8-11)14-10(6-16)7-17-15(21-14)24-2/h5,7,9,11H,3-4,8H2,1-2H3,(H,18,19,20). The number of rotatable bonds is 5. The maximum absolute atomic E-state index is 9.29. The Morgan fingerprint density at radius 1 is 1.42 bits per heavy atom. The summed E-state index contributed by atoms with van der Waals surface area (Å²) in [6.07, 6.45) is 5.90. The first kappa shape index (κ1) is 16.3. The van der Waals surface area contributed by atoms with Gasteiger partial charge >= 0.3 is 0 Å². The van der Waals surface area contributed by atoms with Crippen molar-refractivity contribution in [2.24, 2.45) is 0 Å². The van der Waals surface area contributed by atoms with Gasteiger partial charge in [0, 0.05) is 25.2 Å². The number of nitrogens with one attached hydrogen (secondary N) is 1. The van der Waals surface area contributed by atoms with Crippen molar-refractivity contribution in [1.82, 2.24) is 19.9 Å². The van der Waals surface area contributed by atoms with E-state index in [0.29, 0.717) is 22.4 Å². The number of nitrogens with zero attached hydrogens (tertiary/aromatic N) is 6. The Morgan fingerprint density at radius 2 is 2.29 bits per heavy atom. The molecule has 1 N–H and O–H groups in total. The molecule has 0 spiro atoms. The third-order valence-electron chi connectivity index (χ3n) is 3.74. The maximum atomic E-state index is 9.29. The summed E-state index contributed by atoms with van der Waals surface area (Å²) in [6.45, 7) is 1.56. The minimum atomic E-state index is 0.212. The van der Waals surface area contributed by atoms with Crippen molar-refractivity contribution in [3.63, 3.8) is 0 Å². The molecule has 2 aromatic rings. The average Bonchev–Trinajstić information content (AvgIpc) is 3.09. The number of hydrogen-bond acceptors (Lipinski definition) is 9. The lowest BCUT2D eigenvalue weighted by Gasteiger charge is -2.19. The van der Waals surface area contributed by atoms with Crippen molar-refractivity contribution in [2.45, 2.75) is 17.6 Å². The first-order valence-corrected chi connectivity index (χ1v) is 8.64. The van der Waals surface area contributed by atoms with E-state index in [1.165, 1.54) is 18.1 Å². The molecule has 3 rings (SSSR count). The van der Waals surface area contributed by atoms with Crippen LogP contribution in [0.15, 0.2) is 23.7 Å². The second-order valence-corrected chi connectivity index (χ2v) is 6.00. The lowest BCUT2D eigenvalue weighted by molar-refractivity contribution is 0.397. The van der Waals surface area contributed by atoms with Crippen molar-refractivity contribution < 1.29 is 4.74 Å². The van der Waals surface area contributed by atoms with Crippen LogP contribution in [0.2, 0.25) is 0 Å². The summed E-state index contributed by atoms with van der Waals surface area (Å²) in [5.74, 6) is 1.94. The zero-order valence-corrected chi connectivity index (χ0v) is 14.2. The van der Waals surface area contributed by atoms with Crippen LogP contribution in [0.1, 0.15) is 12.0 Å². The quantitative estimate of drug-likeness (QED) is 0.640. The molecule has 0 saturated carbocycles. The fourth-order valence-electron chi connectivity index (χ4n) is 2.59. The summed E-state index contributed by atoms with van der Waals surface area (Å²) in [7, 11) is 1.57. The monoisotopic (exact) mass is 343 g/mol. The summed E-state index contributed by atoms with van der Waals surface area (Å²) in [4.78, 5) is 19.0. The van der Waals surface area contributed by atoms with E-state index in [9.17, 15) is 5.26 Å². The van der Waals surface area contributed by atoms with Crippen LogP contribution < -0.4 is 15.0 Å². The van der Waals surface area contributed by atoms with Gasteiger partial charge in [0.1, 0.15) is 23.8 Å². The van der Waals surface area contributed by atoms with Gasteiger partial charge in [-0.3, -0.25) is 0 Å². The summed E-state index contributed by atoms with van der Waals surface area (Å²) < 4.78 is 5.11. The van der Waals surface area contributed by atoms with Gasteiger partial charge < -0.3 is 15.0 Å². The summed E-state index contributed by atoms with van der Waals surface area (Å²) in [5.41, 5.74) is 0.497. The molecule has 3 heterocycles. The van der Waals surface area contributed by atoms with Crippen LogP contribution in [0.5, 0.6) is 5.88 Å². The van der Waals surface area contributed by atoms with Gasteiger partial charge in [0.2, 0.25) is 5.88 Å². The molecule has 1 aliphatic heterocycles. The molecular weight excluding hydrogens is 326 g/mol. The molecule has 0 bridgehead atoms. The fraction of sp³-hybridized carbons (Fsp3) is 0.400. The predicted octanol–water partition coefficient (Wildman–Crippen LogP) is 1.56. The Bertz CT molecular complexity index is 764. The predicted molar refractivity (Wildman–Crippen MR) is 91.4 cm³/mol.